The number of rotatable bonds is 4. The first-order valence-corrected chi connectivity index (χ1v) is 8.11. The third kappa shape index (κ3) is 2.29. The molecule has 0 radical (unpaired) electrons. The van der Waals surface area contributed by atoms with Gasteiger partial charge in [0.25, 0.3) is 0 Å². The van der Waals surface area contributed by atoms with Gasteiger partial charge in [0.1, 0.15) is 0 Å². The Kier molecular flexibility index (Phi) is 2.93. The highest BCUT2D eigenvalue weighted by molar-refractivity contribution is 5.11. The summed E-state index contributed by atoms with van der Waals surface area (Å²) in [5, 5.41) is 8.18. The molecule has 1 saturated heterocycles. The molecule has 0 aromatic carbocycles. The molecule has 2 heterocycles. The van der Waals surface area contributed by atoms with E-state index in [4.69, 9.17) is 0 Å². The summed E-state index contributed by atoms with van der Waals surface area (Å²) >= 11 is 0. The molecule has 0 spiro atoms. The summed E-state index contributed by atoms with van der Waals surface area (Å²) in [6, 6.07) is 0.721. The molecular formula is C16H26N4. The summed E-state index contributed by atoms with van der Waals surface area (Å²) in [7, 11) is 2.01. The lowest BCUT2D eigenvalue weighted by molar-refractivity contribution is 0.0234. The Bertz CT molecular complexity index is 488. The lowest BCUT2D eigenvalue weighted by Crippen LogP contribution is -2.64. The van der Waals surface area contributed by atoms with E-state index in [2.05, 4.69) is 28.4 Å². The molecule has 0 amide bonds. The van der Waals surface area contributed by atoms with Crippen LogP contribution in [0, 0.1) is 11.8 Å². The van der Waals surface area contributed by atoms with Crippen molar-refractivity contribution in [2.45, 2.75) is 50.7 Å². The predicted molar refractivity (Wildman–Crippen MR) is 79.3 cm³/mol. The van der Waals surface area contributed by atoms with Gasteiger partial charge in [-0.2, -0.15) is 5.10 Å². The molecule has 1 aliphatic heterocycles. The summed E-state index contributed by atoms with van der Waals surface area (Å²) in [4.78, 5) is 2.75. The second-order valence-electron chi connectivity index (χ2n) is 7.36. The number of aryl methyl sites for hydroxylation is 1. The quantitative estimate of drug-likeness (QED) is 0.908. The Hall–Kier alpha value is -0.870. The van der Waals surface area contributed by atoms with E-state index < -0.39 is 0 Å². The molecular weight excluding hydrogens is 248 g/mol. The van der Waals surface area contributed by atoms with Crippen LogP contribution in [0.3, 0.4) is 0 Å². The molecule has 3 aliphatic rings. The molecule has 2 unspecified atom stereocenters. The molecule has 20 heavy (non-hydrogen) atoms. The summed E-state index contributed by atoms with van der Waals surface area (Å²) in [6.07, 6.45) is 9.88. The van der Waals surface area contributed by atoms with E-state index in [-0.39, 0.29) is 0 Å². The smallest absolute Gasteiger partial charge is 0.0534 e. The van der Waals surface area contributed by atoms with E-state index in [0.717, 1.165) is 24.4 Å². The number of hydrogen-bond acceptors (Lipinski definition) is 3. The zero-order chi connectivity index (χ0) is 13.7. The number of piperazine rings is 1. The highest BCUT2D eigenvalue weighted by Gasteiger charge is 2.50. The first kappa shape index (κ1) is 12.8. The molecule has 4 rings (SSSR count). The summed E-state index contributed by atoms with van der Waals surface area (Å²) in [5.41, 5.74) is 1.71. The Morgan fingerprint density at radius 3 is 2.75 bits per heavy atom. The van der Waals surface area contributed by atoms with Crippen LogP contribution >= 0.6 is 0 Å². The highest BCUT2D eigenvalue weighted by atomic mass is 15.3. The lowest BCUT2D eigenvalue weighted by atomic mass is 9.88. The van der Waals surface area contributed by atoms with Crippen molar-refractivity contribution in [1.82, 2.24) is 20.0 Å². The average molecular weight is 274 g/mol. The van der Waals surface area contributed by atoms with Crippen molar-refractivity contribution in [3.63, 3.8) is 0 Å². The van der Waals surface area contributed by atoms with Crippen molar-refractivity contribution >= 4 is 0 Å². The van der Waals surface area contributed by atoms with Gasteiger partial charge >= 0.3 is 0 Å². The van der Waals surface area contributed by atoms with Gasteiger partial charge in [0, 0.05) is 50.0 Å². The second kappa shape index (κ2) is 4.57. The maximum absolute atomic E-state index is 4.33. The van der Waals surface area contributed by atoms with E-state index in [1.165, 1.54) is 44.3 Å². The molecule has 4 heteroatoms. The van der Waals surface area contributed by atoms with E-state index in [9.17, 15) is 0 Å². The Morgan fingerprint density at radius 2 is 2.15 bits per heavy atom. The first-order chi connectivity index (χ1) is 9.65. The zero-order valence-corrected chi connectivity index (χ0v) is 12.7. The molecule has 4 nitrogen and oxygen atoms in total. The number of nitrogens with zero attached hydrogens (tertiary/aromatic N) is 3. The van der Waals surface area contributed by atoms with Gasteiger partial charge < -0.3 is 5.32 Å². The molecule has 2 atom stereocenters. The topological polar surface area (TPSA) is 33.1 Å². The van der Waals surface area contributed by atoms with Gasteiger partial charge in [0.05, 0.1) is 6.20 Å². The maximum atomic E-state index is 4.33. The molecule has 0 bridgehead atoms. The van der Waals surface area contributed by atoms with E-state index in [1.807, 2.05) is 17.9 Å². The van der Waals surface area contributed by atoms with Crippen molar-refractivity contribution in [1.29, 1.82) is 0 Å². The monoisotopic (exact) mass is 274 g/mol. The normalized spacial score (nSPS) is 35.4. The molecule has 110 valence electrons. The average Bonchev–Trinajstić information content (AvgIpc) is 3.31. The minimum Gasteiger partial charge on any atom is -0.311 e. The van der Waals surface area contributed by atoms with Gasteiger partial charge in [0.15, 0.2) is 0 Å². The molecule has 1 N–H and O–H groups in total. The predicted octanol–water partition coefficient (Wildman–Crippen LogP) is 1.77. The third-order valence-corrected chi connectivity index (χ3v) is 5.64. The number of hydrogen-bond donors (Lipinski definition) is 1. The summed E-state index contributed by atoms with van der Waals surface area (Å²) < 4.78 is 1.92. The second-order valence-corrected chi connectivity index (χ2v) is 7.36. The van der Waals surface area contributed by atoms with Gasteiger partial charge in [-0.05, 0) is 44.4 Å². The minimum atomic E-state index is 0.348. The molecule has 2 aliphatic carbocycles. The largest absolute Gasteiger partial charge is 0.311 e. The van der Waals surface area contributed by atoms with Gasteiger partial charge in [-0.25, -0.2) is 0 Å². The fraction of sp³-hybridized carbons (Fsp3) is 0.812. The zero-order valence-electron chi connectivity index (χ0n) is 12.7. The van der Waals surface area contributed by atoms with Crippen LogP contribution in [0.4, 0.5) is 0 Å². The number of aromatic nitrogens is 2. The lowest BCUT2D eigenvalue weighted by Gasteiger charge is -2.49. The highest BCUT2D eigenvalue weighted by Crippen LogP contribution is 2.46. The minimum absolute atomic E-state index is 0.348. The fourth-order valence-electron chi connectivity index (χ4n) is 3.90. The van der Waals surface area contributed by atoms with Crippen molar-refractivity contribution < 1.29 is 0 Å². The van der Waals surface area contributed by atoms with Crippen molar-refractivity contribution in [2.75, 3.05) is 13.1 Å². The van der Waals surface area contributed by atoms with Gasteiger partial charge in [-0.1, -0.05) is 0 Å². The van der Waals surface area contributed by atoms with Crippen molar-refractivity contribution in [3.8, 4) is 0 Å². The SMILES string of the molecule is Cn1cc(CN2CC(C3CC3)NCC2(C)C2CC2)cn1. The molecule has 1 aromatic heterocycles. The molecule has 2 saturated carbocycles. The van der Waals surface area contributed by atoms with Gasteiger partial charge in [0.2, 0.25) is 0 Å². The van der Waals surface area contributed by atoms with Crippen LogP contribution in [-0.2, 0) is 13.6 Å². The van der Waals surface area contributed by atoms with Crippen LogP contribution in [0.2, 0.25) is 0 Å². The van der Waals surface area contributed by atoms with Crippen LogP contribution in [0.15, 0.2) is 12.4 Å². The van der Waals surface area contributed by atoms with Crippen LogP contribution in [0.1, 0.15) is 38.2 Å². The number of nitrogens with one attached hydrogen (secondary N) is 1. The Morgan fingerprint density at radius 1 is 1.35 bits per heavy atom. The summed E-state index contributed by atoms with van der Waals surface area (Å²) in [6.45, 7) is 5.91. The van der Waals surface area contributed by atoms with Crippen LogP contribution in [0.25, 0.3) is 0 Å². The van der Waals surface area contributed by atoms with Gasteiger partial charge in [-0.3, -0.25) is 9.58 Å². The van der Waals surface area contributed by atoms with Gasteiger partial charge in [-0.15, -0.1) is 0 Å². The standard InChI is InChI=1S/C16H26N4/c1-16(14-5-6-14)11-17-15(13-3-4-13)10-20(16)9-12-7-18-19(2)8-12/h7-8,13-15,17H,3-6,9-11H2,1-2H3. The van der Waals surface area contributed by atoms with E-state index in [0.29, 0.717) is 5.54 Å². The van der Waals surface area contributed by atoms with Crippen molar-refractivity contribution in [2.24, 2.45) is 18.9 Å². The van der Waals surface area contributed by atoms with E-state index in [1.54, 1.807) is 0 Å². The maximum Gasteiger partial charge on any atom is 0.0534 e. The fourth-order valence-corrected chi connectivity index (χ4v) is 3.90. The Labute approximate surface area is 121 Å². The molecule has 3 fully saturated rings. The summed E-state index contributed by atoms with van der Waals surface area (Å²) in [5.74, 6) is 1.84. The third-order valence-electron chi connectivity index (χ3n) is 5.64. The van der Waals surface area contributed by atoms with Crippen molar-refractivity contribution in [3.05, 3.63) is 18.0 Å². The van der Waals surface area contributed by atoms with E-state index >= 15 is 0 Å². The van der Waals surface area contributed by atoms with Crippen LogP contribution in [0.5, 0.6) is 0 Å². The molecule has 1 aromatic rings. The Balaban J connectivity index is 1.53. The van der Waals surface area contributed by atoms with Crippen LogP contribution < -0.4 is 5.32 Å². The van der Waals surface area contributed by atoms with Crippen LogP contribution in [-0.4, -0.2) is 39.4 Å². The first-order valence-electron chi connectivity index (χ1n) is 8.11.